The van der Waals surface area contributed by atoms with E-state index >= 15 is 0 Å². The van der Waals surface area contributed by atoms with Gasteiger partial charge in [0.25, 0.3) is 0 Å². The van der Waals surface area contributed by atoms with Crippen LogP contribution in [0.3, 0.4) is 0 Å². The number of anilines is 1. The summed E-state index contributed by atoms with van der Waals surface area (Å²) < 4.78 is 5.93. The van der Waals surface area contributed by atoms with E-state index in [4.69, 9.17) is 4.74 Å². The van der Waals surface area contributed by atoms with E-state index in [1.54, 1.807) is 0 Å². The van der Waals surface area contributed by atoms with Gasteiger partial charge >= 0.3 is 0 Å². The van der Waals surface area contributed by atoms with Crippen LogP contribution in [0.1, 0.15) is 6.92 Å². The van der Waals surface area contributed by atoms with Gasteiger partial charge in [-0.25, -0.2) is 0 Å². The monoisotopic (exact) mass is 207 g/mol. The third-order valence-corrected chi connectivity index (χ3v) is 2.80. The van der Waals surface area contributed by atoms with Crippen LogP contribution in [-0.2, 0) is 0 Å². The van der Waals surface area contributed by atoms with Crippen LogP contribution < -0.4 is 15.0 Å². The first kappa shape index (κ1) is 10.3. The van der Waals surface area contributed by atoms with E-state index in [2.05, 4.69) is 42.4 Å². The Bertz CT molecular complexity index is 327. The highest BCUT2D eigenvalue weighted by Crippen LogP contribution is 2.32. The second-order valence-corrected chi connectivity index (χ2v) is 3.89. The minimum atomic E-state index is 0.310. The molecule has 1 aromatic rings. The molecule has 1 atom stereocenters. The number of rotatable bonds is 3. The lowest BCUT2D eigenvalue weighted by Crippen LogP contribution is -2.83. The average Bonchev–Trinajstić information content (AvgIpc) is 2.28. The Balaban J connectivity index is 2.22. The van der Waals surface area contributed by atoms with Gasteiger partial charge in [0, 0.05) is 6.54 Å². The zero-order chi connectivity index (χ0) is 10.7. The third-order valence-electron chi connectivity index (χ3n) is 2.80. The molecular formula is C12H19N2O+. The normalized spacial score (nSPS) is 19.6. The predicted molar refractivity (Wildman–Crippen MR) is 61.5 cm³/mol. The van der Waals surface area contributed by atoms with E-state index in [1.165, 1.54) is 5.69 Å². The van der Waals surface area contributed by atoms with Gasteiger partial charge in [-0.15, -0.1) is 0 Å². The van der Waals surface area contributed by atoms with Gasteiger partial charge in [0.15, 0.2) is 6.10 Å². The summed E-state index contributed by atoms with van der Waals surface area (Å²) in [7, 11) is 2.08. The van der Waals surface area contributed by atoms with E-state index in [0.717, 1.165) is 25.4 Å². The van der Waals surface area contributed by atoms with E-state index in [0.29, 0.717) is 6.10 Å². The molecule has 0 aromatic heterocycles. The van der Waals surface area contributed by atoms with Crippen molar-refractivity contribution < 1.29 is 10.1 Å². The van der Waals surface area contributed by atoms with Gasteiger partial charge in [-0.3, -0.25) is 0 Å². The van der Waals surface area contributed by atoms with Gasteiger partial charge in [-0.05, 0) is 19.1 Å². The molecule has 0 amide bonds. The van der Waals surface area contributed by atoms with Crippen molar-refractivity contribution in [3.8, 4) is 5.75 Å². The Labute approximate surface area is 91.0 Å². The zero-order valence-electron chi connectivity index (χ0n) is 9.44. The maximum atomic E-state index is 5.93. The number of nitrogens with zero attached hydrogens (tertiary/aromatic N) is 1. The van der Waals surface area contributed by atoms with Gasteiger partial charge < -0.3 is 15.0 Å². The number of likely N-dealkylation sites (N-methyl/N-ethyl adjacent to an activating group) is 2. The molecule has 0 fully saturated rings. The largest absolute Gasteiger partial charge is 0.480 e. The number of hydrogen-bond donors (Lipinski definition) is 1. The molecule has 0 saturated heterocycles. The van der Waals surface area contributed by atoms with Crippen molar-refractivity contribution in [2.75, 3.05) is 31.6 Å². The number of hydrogen-bond acceptors (Lipinski definition) is 2. The minimum Gasteiger partial charge on any atom is -0.480 e. The summed E-state index contributed by atoms with van der Waals surface area (Å²) in [4.78, 5) is 2.38. The molecule has 0 aliphatic carbocycles. The second kappa shape index (κ2) is 4.53. The molecular weight excluding hydrogens is 188 g/mol. The highest BCUT2D eigenvalue weighted by atomic mass is 16.5. The van der Waals surface area contributed by atoms with Gasteiger partial charge in [-0.2, -0.15) is 0 Å². The maximum absolute atomic E-state index is 5.93. The van der Waals surface area contributed by atoms with Gasteiger partial charge in [0.05, 0.1) is 19.3 Å². The van der Waals surface area contributed by atoms with E-state index < -0.39 is 0 Å². The molecule has 0 bridgehead atoms. The van der Waals surface area contributed by atoms with Crippen molar-refractivity contribution >= 4 is 5.69 Å². The summed E-state index contributed by atoms with van der Waals surface area (Å²) in [6.45, 7) is 5.25. The van der Waals surface area contributed by atoms with Gasteiger partial charge in [0.1, 0.15) is 12.3 Å². The highest BCUT2D eigenvalue weighted by molar-refractivity contribution is 5.59. The molecule has 1 heterocycles. The number of quaternary nitrogens is 1. The minimum absolute atomic E-state index is 0.310. The summed E-state index contributed by atoms with van der Waals surface area (Å²) in [6.07, 6.45) is 0.310. The number of para-hydroxylation sites is 2. The number of benzene rings is 1. The lowest BCUT2D eigenvalue weighted by Gasteiger charge is -2.34. The highest BCUT2D eigenvalue weighted by Gasteiger charge is 2.24. The SMILES string of the molecule is CCN1C[C@@H](C[NH2+]C)Oc2ccccc21. The molecule has 3 nitrogen and oxygen atoms in total. The lowest BCUT2D eigenvalue weighted by atomic mass is 10.2. The summed E-state index contributed by atoms with van der Waals surface area (Å²) in [6, 6.07) is 8.28. The van der Waals surface area contributed by atoms with Crippen LogP contribution in [0, 0.1) is 0 Å². The molecule has 15 heavy (non-hydrogen) atoms. The molecule has 0 saturated carbocycles. The quantitative estimate of drug-likeness (QED) is 0.780. The van der Waals surface area contributed by atoms with Crippen molar-refractivity contribution in [3.63, 3.8) is 0 Å². The molecule has 3 heteroatoms. The molecule has 2 rings (SSSR count). The van der Waals surface area contributed by atoms with Crippen molar-refractivity contribution in [3.05, 3.63) is 24.3 Å². The van der Waals surface area contributed by atoms with Gasteiger partial charge in [0.2, 0.25) is 0 Å². The number of fused-ring (bicyclic) bond motifs is 1. The van der Waals surface area contributed by atoms with E-state index in [-0.39, 0.29) is 0 Å². The fourth-order valence-electron chi connectivity index (χ4n) is 2.06. The van der Waals surface area contributed by atoms with Crippen molar-refractivity contribution in [1.82, 2.24) is 0 Å². The van der Waals surface area contributed by atoms with Crippen molar-refractivity contribution in [2.24, 2.45) is 0 Å². The Hall–Kier alpha value is -1.22. The van der Waals surface area contributed by atoms with Crippen LogP contribution in [-0.4, -0.2) is 32.8 Å². The van der Waals surface area contributed by atoms with Crippen LogP contribution in [0.5, 0.6) is 5.75 Å². The Kier molecular flexibility index (Phi) is 3.11. The Morgan fingerprint density at radius 1 is 1.47 bits per heavy atom. The van der Waals surface area contributed by atoms with E-state index in [9.17, 15) is 0 Å². The first-order valence-corrected chi connectivity index (χ1v) is 5.63. The lowest BCUT2D eigenvalue weighted by molar-refractivity contribution is -0.632. The number of ether oxygens (including phenoxy) is 1. The van der Waals surface area contributed by atoms with Crippen LogP contribution in [0.15, 0.2) is 24.3 Å². The summed E-state index contributed by atoms with van der Waals surface area (Å²) >= 11 is 0. The molecule has 2 N–H and O–H groups in total. The fraction of sp³-hybridized carbons (Fsp3) is 0.500. The van der Waals surface area contributed by atoms with Crippen molar-refractivity contribution in [2.45, 2.75) is 13.0 Å². The molecule has 1 aliphatic heterocycles. The molecule has 1 aliphatic rings. The molecule has 0 radical (unpaired) electrons. The van der Waals surface area contributed by atoms with E-state index in [1.807, 2.05) is 6.07 Å². The summed E-state index contributed by atoms with van der Waals surface area (Å²) in [5.41, 5.74) is 1.23. The third kappa shape index (κ3) is 2.07. The molecule has 0 spiro atoms. The standard InChI is InChI=1S/C12H18N2O/c1-3-14-9-10(8-13-2)15-12-7-5-4-6-11(12)14/h4-7,10,13H,3,8-9H2,1-2H3/p+1/t10-/m1/s1. The van der Waals surface area contributed by atoms with Gasteiger partial charge in [-0.1, -0.05) is 12.1 Å². The fourth-order valence-corrected chi connectivity index (χ4v) is 2.06. The Morgan fingerprint density at radius 2 is 2.27 bits per heavy atom. The first-order chi connectivity index (χ1) is 7.35. The molecule has 1 aromatic carbocycles. The smallest absolute Gasteiger partial charge is 0.165 e. The average molecular weight is 207 g/mol. The summed E-state index contributed by atoms with van der Waals surface area (Å²) in [5, 5.41) is 2.17. The maximum Gasteiger partial charge on any atom is 0.165 e. The first-order valence-electron chi connectivity index (χ1n) is 5.63. The second-order valence-electron chi connectivity index (χ2n) is 3.89. The van der Waals surface area contributed by atoms with Crippen molar-refractivity contribution in [1.29, 1.82) is 0 Å². The zero-order valence-corrected chi connectivity index (χ0v) is 9.44. The topological polar surface area (TPSA) is 29.1 Å². The number of nitrogens with two attached hydrogens (primary N) is 1. The molecule has 82 valence electrons. The predicted octanol–water partition coefficient (Wildman–Crippen LogP) is 0.467. The summed E-state index contributed by atoms with van der Waals surface area (Å²) in [5.74, 6) is 1.03. The Morgan fingerprint density at radius 3 is 3.00 bits per heavy atom. The molecule has 0 unspecified atom stereocenters. The van der Waals surface area contributed by atoms with Crippen LogP contribution in [0.2, 0.25) is 0 Å². The van der Waals surface area contributed by atoms with Crippen LogP contribution >= 0.6 is 0 Å². The van der Waals surface area contributed by atoms with Crippen LogP contribution in [0.4, 0.5) is 5.69 Å². The van der Waals surface area contributed by atoms with Crippen LogP contribution in [0.25, 0.3) is 0 Å².